The summed E-state index contributed by atoms with van der Waals surface area (Å²) in [5.74, 6) is 1.38. The molecule has 0 aromatic heterocycles. The van der Waals surface area contributed by atoms with Crippen molar-refractivity contribution >= 4 is 17.7 Å². The van der Waals surface area contributed by atoms with Crippen LogP contribution in [0.4, 0.5) is 10.5 Å². The lowest BCUT2D eigenvalue weighted by atomic mass is 10.2. The van der Waals surface area contributed by atoms with E-state index >= 15 is 0 Å². The van der Waals surface area contributed by atoms with Gasteiger partial charge in [-0.05, 0) is 24.6 Å². The molecule has 0 unspecified atom stereocenters. The van der Waals surface area contributed by atoms with E-state index in [-0.39, 0.29) is 18.1 Å². The first-order chi connectivity index (χ1) is 9.08. The number of benzene rings is 1. The average molecular weight is 260 g/mol. The predicted octanol–water partition coefficient (Wildman–Crippen LogP) is 2.26. The molecule has 5 nitrogen and oxygen atoms in total. The molecule has 0 aliphatic rings. The van der Waals surface area contributed by atoms with Crippen LogP contribution in [0.5, 0.6) is 0 Å². The van der Waals surface area contributed by atoms with Crippen LogP contribution in [0.2, 0.25) is 0 Å². The van der Waals surface area contributed by atoms with Crippen molar-refractivity contribution in [3.63, 3.8) is 0 Å². The van der Waals surface area contributed by atoms with Crippen molar-refractivity contribution in [2.24, 2.45) is 0 Å². The largest absolute Gasteiger partial charge is 0.478 e. The summed E-state index contributed by atoms with van der Waals surface area (Å²) in [4.78, 5) is 24.3. The molecule has 2 amide bonds. The molecule has 1 aromatic rings. The van der Waals surface area contributed by atoms with E-state index in [0.717, 1.165) is 6.42 Å². The number of hydrogen-bond donors (Lipinski definition) is 2. The van der Waals surface area contributed by atoms with Crippen LogP contribution in [-0.2, 0) is 0 Å². The Hall–Kier alpha value is -2.48. The summed E-state index contributed by atoms with van der Waals surface area (Å²) in [6, 6.07) is 5.74. The van der Waals surface area contributed by atoms with Gasteiger partial charge in [0.1, 0.15) is 0 Å². The number of carbonyl (C=O) groups is 2. The highest BCUT2D eigenvalue weighted by Crippen LogP contribution is 2.11. The molecule has 0 saturated carbocycles. The standard InChI is InChI=1S/C14H16N2O3/c1-3-8-16(9-4-2)14(19)15-12-7-5-6-11(10-12)13(17)18/h1,5-7,10H,4,8-9H2,2H3,(H,15,19)(H,17,18). The Labute approximate surface area is 112 Å². The highest BCUT2D eigenvalue weighted by atomic mass is 16.4. The predicted molar refractivity (Wildman–Crippen MR) is 73.1 cm³/mol. The minimum absolute atomic E-state index is 0.122. The minimum Gasteiger partial charge on any atom is -0.478 e. The molecule has 0 heterocycles. The number of carboxylic acid groups (broad SMARTS) is 1. The van der Waals surface area contributed by atoms with E-state index in [0.29, 0.717) is 12.2 Å². The van der Waals surface area contributed by atoms with Crippen molar-refractivity contribution in [3.05, 3.63) is 29.8 Å². The number of carbonyl (C=O) groups excluding carboxylic acids is 1. The molecule has 0 spiro atoms. The lowest BCUT2D eigenvalue weighted by Gasteiger charge is -2.20. The second-order valence-electron chi connectivity index (χ2n) is 3.94. The molecule has 1 aromatic carbocycles. The van der Waals surface area contributed by atoms with Gasteiger partial charge < -0.3 is 15.3 Å². The van der Waals surface area contributed by atoms with Crippen LogP contribution in [0.15, 0.2) is 24.3 Å². The third-order valence-electron chi connectivity index (χ3n) is 2.42. The van der Waals surface area contributed by atoms with Crippen LogP contribution in [0.3, 0.4) is 0 Å². The van der Waals surface area contributed by atoms with Crippen molar-refractivity contribution in [2.45, 2.75) is 13.3 Å². The van der Waals surface area contributed by atoms with Gasteiger partial charge in [0.15, 0.2) is 0 Å². The van der Waals surface area contributed by atoms with Crippen LogP contribution in [0.1, 0.15) is 23.7 Å². The molecule has 19 heavy (non-hydrogen) atoms. The van der Waals surface area contributed by atoms with Crippen LogP contribution < -0.4 is 5.32 Å². The molecule has 0 bridgehead atoms. The number of aromatic carboxylic acids is 1. The summed E-state index contributed by atoms with van der Waals surface area (Å²) < 4.78 is 0. The van der Waals surface area contributed by atoms with Gasteiger partial charge >= 0.3 is 12.0 Å². The van der Waals surface area contributed by atoms with Crippen molar-refractivity contribution in [3.8, 4) is 12.3 Å². The summed E-state index contributed by atoms with van der Waals surface area (Å²) >= 11 is 0. The normalized spacial score (nSPS) is 9.47. The smallest absolute Gasteiger partial charge is 0.335 e. The Morgan fingerprint density at radius 2 is 2.21 bits per heavy atom. The number of rotatable bonds is 5. The number of hydrogen-bond acceptors (Lipinski definition) is 2. The fourth-order valence-electron chi connectivity index (χ4n) is 1.57. The molecule has 0 fully saturated rings. The minimum atomic E-state index is -1.04. The van der Waals surface area contributed by atoms with Gasteiger partial charge in [-0.1, -0.05) is 18.9 Å². The van der Waals surface area contributed by atoms with Crippen LogP contribution in [0, 0.1) is 12.3 Å². The van der Waals surface area contributed by atoms with E-state index in [1.54, 1.807) is 12.1 Å². The van der Waals surface area contributed by atoms with Gasteiger partial charge in [-0.2, -0.15) is 0 Å². The van der Waals surface area contributed by atoms with Gasteiger partial charge in [0.2, 0.25) is 0 Å². The van der Waals surface area contributed by atoms with E-state index in [1.165, 1.54) is 17.0 Å². The highest BCUT2D eigenvalue weighted by Gasteiger charge is 2.12. The van der Waals surface area contributed by atoms with Gasteiger partial charge in [-0.25, -0.2) is 9.59 Å². The number of carboxylic acids is 1. The zero-order chi connectivity index (χ0) is 14.3. The number of amides is 2. The van der Waals surface area contributed by atoms with Gasteiger partial charge in [0.25, 0.3) is 0 Å². The molecule has 5 heteroatoms. The monoisotopic (exact) mass is 260 g/mol. The van der Waals surface area contributed by atoms with Crippen molar-refractivity contribution in [1.29, 1.82) is 0 Å². The van der Waals surface area contributed by atoms with Gasteiger partial charge in [0.05, 0.1) is 12.1 Å². The van der Waals surface area contributed by atoms with Gasteiger partial charge in [-0.3, -0.25) is 0 Å². The van der Waals surface area contributed by atoms with Crippen molar-refractivity contribution in [2.75, 3.05) is 18.4 Å². The Balaban J connectivity index is 2.77. The summed E-state index contributed by atoms with van der Waals surface area (Å²) in [6.45, 7) is 2.72. The Morgan fingerprint density at radius 3 is 2.79 bits per heavy atom. The number of anilines is 1. The molecule has 2 N–H and O–H groups in total. The number of nitrogens with zero attached hydrogens (tertiary/aromatic N) is 1. The second-order valence-corrected chi connectivity index (χ2v) is 3.94. The summed E-state index contributed by atoms with van der Waals surface area (Å²) in [6.07, 6.45) is 6.00. The zero-order valence-corrected chi connectivity index (χ0v) is 10.7. The van der Waals surface area contributed by atoms with Crippen LogP contribution in [-0.4, -0.2) is 35.1 Å². The molecular weight excluding hydrogens is 244 g/mol. The van der Waals surface area contributed by atoms with Gasteiger partial charge in [0, 0.05) is 12.2 Å². The third-order valence-corrected chi connectivity index (χ3v) is 2.42. The van der Waals surface area contributed by atoms with Crippen LogP contribution in [0.25, 0.3) is 0 Å². The first-order valence-electron chi connectivity index (χ1n) is 5.91. The van der Waals surface area contributed by atoms with E-state index in [2.05, 4.69) is 11.2 Å². The summed E-state index contributed by atoms with van der Waals surface area (Å²) in [7, 11) is 0. The maximum atomic E-state index is 11.9. The lowest BCUT2D eigenvalue weighted by molar-refractivity contribution is 0.0697. The second kappa shape index (κ2) is 7.07. The first-order valence-corrected chi connectivity index (χ1v) is 5.91. The topological polar surface area (TPSA) is 69.6 Å². The number of urea groups is 1. The molecule has 0 saturated heterocycles. The molecule has 0 atom stereocenters. The Morgan fingerprint density at radius 1 is 1.47 bits per heavy atom. The molecule has 0 radical (unpaired) electrons. The Kier molecular flexibility index (Phi) is 5.42. The fraction of sp³-hybridized carbons (Fsp3) is 0.286. The van der Waals surface area contributed by atoms with Gasteiger partial charge in [-0.15, -0.1) is 6.42 Å². The first kappa shape index (κ1) is 14.6. The molecule has 100 valence electrons. The number of nitrogens with one attached hydrogen (secondary N) is 1. The zero-order valence-electron chi connectivity index (χ0n) is 10.7. The SMILES string of the molecule is C#CCN(CCC)C(=O)Nc1cccc(C(=O)O)c1. The summed E-state index contributed by atoms with van der Waals surface area (Å²) in [5, 5.41) is 11.5. The van der Waals surface area contributed by atoms with E-state index < -0.39 is 5.97 Å². The lowest BCUT2D eigenvalue weighted by Crippen LogP contribution is -2.35. The number of terminal acetylenes is 1. The van der Waals surface area contributed by atoms with Crippen LogP contribution >= 0.6 is 0 Å². The molecular formula is C14H16N2O3. The molecule has 0 aliphatic heterocycles. The third kappa shape index (κ3) is 4.36. The van der Waals surface area contributed by atoms with Crippen molar-refractivity contribution in [1.82, 2.24) is 4.90 Å². The maximum Gasteiger partial charge on any atom is 0.335 e. The van der Waals surface area contributed by atoms with Crippen molar-refractivity contribution < 1.29 is 14.7 Å². The van der Waals surface area contributed by atoms with E-state index in [1.807, 2.05) is 6.92 Å². The molecule has 1 rings (SSSR count). The Bertz CT molecular complexity index is 506. The fourth-order valence-corrected chi connectivity index (χ4v) is 1.57. The van der Waals surface area contributed by atoms with E-state index in [4.69, 9.17) is 11.5 Å². The molecule has 0 aliphatic carbocycles. The highest BCUT2D eigenvalue weighted by molar-refractivity contribution is 5.93. The average Bonchev–Trinajstić information content (AvgIpc) is 2.38. The quantitative estimate of drug-likeness (QED) is 0.798. The maximum absolute atomic E-state index is 11.9. The van der Waals surface area contributed by atoms with E-state index in [9.17, 15) is 9.59 Å². The summed E-state index contributed by atoms with van der Waals surface area (Å²) in [5.41, 5.74) is 0.555.